The summed E-state index contributed by atoms with van der Waals surface area (Å²) < 4.78 is 0. The van der Waals surface area contributed by atoms with Crippen LogP contribution in [0.1, 0.15) is 41.5 Å². The molecule has 0 bridgehead atoms. The van der Waals surface area contributed by atoms with Crippen molar-refractivity contribution in [3.05, 3.63) is 5.32 Å². The standard InChI is InChI=1S/C12H23N2O2.Y/c1-10(2)8-14(11(3,4)7-13-10)12(5,6)9(15)16;/h7-8H2,1-6H3,(H,15,16);/q-1;. The zero-order valence-electron chi connectivity index (χ0n) is 11.7. The Morgan fingerprint density at radius 3 is 2.18 bits per heavy atom. The summed E-state index contributed by atoms with van der Waals surface area (Å²) in [6.45, 7) is 13.1. The van der Waals surface area contributed by atoms with Crippen molar-refractivity contribution < 1.29 is 42.6 Å². The van der Waals surface area contributed by atoms with Gasteiger partial charge >= 0.3 is 5.97 Å². The Bertz CT molecular complexity index is 301. The second-order valence-corrected chi connectivity index (χ2v) is 6.39. The maximum atomic E-state index is 11.3. The molecular formula is C12H23N2O2Y-. The molecule has 0 aliphatic carbocycles. The molecule has 1 saturated heterocycles. The Labute approximate surface area is 129 Å². The Morgan fingerprint density at radius 1 is 1.29 bits per heavy atom. The number of carboxylic acids is 1. The van der Waals surface area contributed by atoms with E-state index in [1.807, 2.05) is 13.8 Å². The minimum absolute atomic E-state index is 0. The first kappa shape index (κ1) is 17.5. The van der Waals surface area contributed by atoms with Crippen LogP contribution >= 0.6 is 0 Å². The first-order valence-corrected chi connectivity index (χ1v) is 5.69. The minimum Gasteiger partial charge on any atom is -0.655 e. The van der Waals surface area contributed by atoms with Gasteiger partial charge in [-0.15, -0.1) is 12.1 Å². The average molecular weight is 316 g/mol. The van der Waals surface area contributed by atoms with E-state index in [9.17, 15) is 9.90 Å². The Hall–Kier alpha value is 0.494. The van der Waals surface area contributed by atoms with Crippen molar-refractivity contribution in [3.8, 4) is 0 Å². The van der Waals surface area contributed by atoms with Gasteiger partial charge in [-0.05, 0) is 39.8 Å². The van der Waals surface area contributed by atoms with E-state index in [-0.39, 0.29) is 43.8 Å². The van der Waals surface area contributed by atoms with Crippen molar-refractivity contribution in [1.29, 1.82) is 0 Å². The normalized spacial score (nSPS) is 23.9. The summed E-state index contributed by atoms with van der Waals surface area (Å²) in [6.07, 6.45) is 0. The van der Waals surface area contributed by atoms with E-state index in [4.69, 9.17) is 0 Å². The number of aliphatic carboxylic acids is 1. The van der Waals surface area contributed by atoms with Crippen molar-refractivity contribution in [2.24, 2.45) is 0 Å². The number of hydrogen-bond acceptors (Lipinski definition) is 2. The molecule has 0 saturated carbocycles. The molecule has 0 atom stereocenters. The molecule has 0 aromatic rings. The van der Waals surface area contributed by atoms with Gasteiger partial charge in [-0.1, -0.05) is 13.8 Å². The van der Waals surface area contributed by atoms with Gasteiger partial charge in [0, 0.05) is 32.7 Å². The first-order valence-electron chi connectivity index (χ1n) is 5.69. The van der Waals surface area contributed by atoms with E-state index >= 15 is 0 Å². The quantitative estimate of drug-likeness (QED) is 0.849. The van der Waals surface area contributed by atoms with Crippen molar-refractivity contribution in [1.82, 2.24) is 4.90 Å². The van der Waals surface area contributed by atoms with Crippen LogP contribution in [0.4, 0.5) is 0 Å². The van der Waals surface area contributed by atoms with Crippen molar-refractivity contribution in [3.63, 3.8) is 0 Å². The number of carbonyl (C=O) groups is 1. The van der Waals surface area contributed by atoms with Gasteiger partial charge in [0.2, 0.25) is 0 Å². The molecule has 5 heteroatoms. The van der Waals surface area contributed by atoms with Crippen molar-refractivity contribution >= 4 is 5.97 Å². The SMILES string of the molecule is CC1(C)CN(C(C)(C)C(=O)O)C(C)(C)C[N-]1.[Y]. The fraction of sp³-hybridized carbons (Fsp3) is 0.917. The predicted octanol–water partition coefficient (Wildman–Crippen LogP) is 2.09. The van der Waals surface area contributed by atoms with E-state index in [1.54, 1.807) is 13.8 Å². The molecule has 1 aliphatic heterocycles. The van der Waals surface area contributed by atoms with Crippen LogP contribution in [0.3, 0.4) is 0 Å². The summed E-state index contributed by atoms with van der Waals surface area (Å²) in [6, 6.07) is 0. The molecule has 0 aromatic carbocycles. The fourth-order valence-electron chi connectivity index (χ4n) is 2.21. The van der Waals surface area contributed by atoms with Crippen LogP contribution in [0.25, 0.3) is 5.32 Å². The summed E-state index contributed by atoms with van der Waals surface area (Å²) in [5.74, 6) is -0.779. The molecule has 4 nitrogen and oxygen atoms in total. The third kappa shape index (κ3) is 3.73. The topological polar surface area (TPSA) is 54.6 Å². The molecule has 1 radical (unpaired) electrons. The number of hydrogen-bond donors (Lipinski definition) is 1. The second-order valence-electron chi connectivity index (χ2n) is 6.39. The average Bonchev–Trinajstić information content (AvgIpc) is 2.09. The van der Waals surface area contributed by atoms with Gasteiger partial charge in [0.25, 0.3) is 0 Å². The molecule has 0 spiro atoms. The maximum absolute atomic E-state index is 11.3. The van der Waals surface area contributed by atoms with E-state index in [0.29, 0.717) is 13.1 Å². The molecule has 97 valence electrons. The maximum Gasteiger partial charge on any atom is 0.323 e. The largest absolute Gasteiger partial charge is 0.655 e. The van der Waals surface area contributed by atoms with E-state index in [0.717, 1.165) is 0 Å². The Morgan fingerprint density at radius 2 is 1.76 bits per heavy atom. The fourth-order valence-corrected chi connectivity index (χ4v) is 2.21. The van der Waals surface area contributed by atoms with Crippen LogP contribution in [0.2, 0.25) is 0 Å². The van der Waals surface area contributed by atoms with Crippen LogP contribution in [0.15, 0.2) is 0 Å². The van der Waals surface area contributed by atoms with Gasteiger partial charge in [0.15, 0.2) is 0 Å². The molecule has 17 heavy (non-hydrogen) atoms. The van der Waals surface area contributed by atoms with Crippen molar-refractivity contribution in [2.45, 2.75) is 58.2 Å². The number of carboxylic acid groups (broad SMARTS) is 1. The zero-order chi connectivity index (χ0) is 12.8. The van der Waals surface area contributed by atoms with Crippen LogP contribution in [-0.2, 0) is 37.5 Å². The Kier molecular flexibility index (Phi) is 5.39. The summed E-state index contributed by atoms with van der Waals surface area (Å²) in [5.41, 5.74) is -1.21. The molecule has 0 aromatic heterocycles. The molecule has 1 N–H and O–H groups in total. The second kappa shape index (κ2) is 5.24. The molecule has 0 unspecified atom stereocenters. The predicted molar refractivity (Wildman–Crippen MR) is 64.8 cm³/mol. The third-order valence-corrected chi connectivity index (χ3v) is 3.37. The van der Waals surface area contributed by atoms with Crippen LogP contribution in [-0.4, -0.2) is 45.7 Å². The Balaban J connectivity index is 0.00000256. The first-order chi connectivity index (χ1) is 6.99. The summed E-state index contributed by atoms with van der Waals surface area (Å²) in [7, 11) is 0. The molecule has 1 heterocycles. The molecule has 1 rings (SSSR count). The van der Waals surface area contributed by atoms with Gasteiger partial charge < -0.3 is 10.4 Å². The number of rotatable bonds is 2. The van der Waals surface area contributed by atoms with Gasteiger partial charge in [-0.3, -0.25) is 9.69 Å². The smallest absolute Gasteiger partial charge is 0.323 e. The molecule has 1 fully saturated rings. The molecular weight excluding hydrogens is 293 g/mol. The van der Waals surface area contributed by atoms with Gasteiger partial charge in [0.1, 0.15) is 5.54 Å². The van der Waals surface area contributed by atoms with Gasteiger partial charge in [-0.2, -0.15) is 0 Å². The summed E-state index contributed by atoms with van der Waals surface area (Å²) >= 11 is 0. The summed E-state index contributed by atoms with van der Waals surface area (Å²) in [4.78, 5) is 13.4. The summed E-state index contributed by atoms with van der Waals surface area (Å²) in [5, 5.41) is 13.9. The van der Waals surface area contributed by atoms with Crippen molar-refractivity contribution in [2.75, 3.05) is 13.1 Å². The molecule has 0 amide bonds. The number of piperazine rings is 1. The van der Waals surface area contributed by atoms with Crippen LogP contribution in [0, 0.1) is 0 Å². The van der Waals surface area contributed by atoms with E-state index in [2.05, 4.69) is 24.1 Å². The number of nitrogens with zero attached hydrogens (tertiary/aromatic N) is 2. The monoisotopic (exact) mass is 316 g/mol. The van der Waals surface area contributed by atoms with Gasteiger partial charge in [0.05, 0.1) is 0 Å². The van der Waals surface area contributed by atoms with E-state index in [1.165, 1.54) is 0 Å². The van der Waals surface area contributed by atoms with Crippen LogP contribution < -0.4 is 0 Å². The van der Waals surface area contributed by atoms with E-state index < -0.39 is 11.5 Å². The zero-order valence-corrected chi connectivity index (χ0v) is 14.6. The van der Waals surface area contributed by atoms with Gasteiger partial charge in [-0.25, -0.2) is 0 Å². The third-order valence-electron chi connectivity index (χ3n) is 3.37. The minimum atomic E-state index is -0.850. The van der Waals surface area contributed by atoms with Crippen LogP contribution in [0.5, 0.6) is 0 Å². The molecule has 1 aliphatic rings.